The molecule has 26 heavy (non-hydrogen) atoms. The van der Waals surface area contributed by atoms with Gasteiger partial charge in [-0.1, -0.05) is 56.3 Å². The van der Waals surface area contributed by atoms with Crippen molar-refractivity contribution in [3.63, 3.8) is 0 Å². The summed E-state index contributed by atoms with van der Waals surface area (Å²) in [6, 6.07) is 16.8. The van der Waals surface area contributed by atoms with Gasteiger partial charge in [0.1, 0.15) is 0 Å². The van der Waals surface area contributed by atoms with Gasteiger partial charge in [0.05, 0.1) is 12.4 Å². The Kier molecular flexibility index (Phi) is 7.36. The summed E-state index contributed by atoms with van der Waals surface area (Å²) in [6.45, 7) is 7.29. The summed E-state index contributed by atoms with van der Waals surface area (Å²) in [4.78, 5) is 11.8. The largest absolute Gasteiger partial charge is 0.370 e. The summed E-state index contributed by atoms with van der Waals surface area (Å²) >= 11 is 0. The number of rotatable bonds is 8. The van der Waals surface area contributed by atoms with Crippen LogP contribution in [0.2, 0.25) is 0 Å². The first-order valence-electron chi connectivity index (χ1n) is 8.91. The number of hydrogen-bond acceptors (Lipinski definition) is 3. The SMILES string of the molecule is CC(=N)NCc1ccc(-c2cccc(CNC(=O)CNC(C)C)c2)cc1. The standard InChI is InChI=1S/C21H28N4O/c1-15(2)23-14-21(26)25-13-18-5-4-6-20(11-18)19-9-7-17(8-10-19)12-24-16(3)22/h4-11,15,23H,12-14H2,1-3H3,(H2,22,24)(H,25,26). The van der Waals surface area contributed by atoms with Crippen molar-refractivity contribution in [2.45, 2.75) is 39.9 Å². The Labute approximate surface area is 155 Å². The van der Waals surface area contributed by atoms with Gasteiger partial charge in [0.2, 0.25) is 5.91 Å². The van der Waals surface area contributed by atoms with Crippen molar-refractivity contribution in [1.82, 2.24) is 16.0 Å². The van der Waals surface area contributed by atoms with Crippen LogP contribution in [0.15, 0.2) is 48.5 Å². The number of carbonyl (C=O) groups is 1. The molecule has 0 aliphatic rings. The van der Waals surface area contributed by atoms with Crippen molar-refractivity contribution in [2.75, 3.05) is 6.54 Å². The highest BCUT2D eigenvalue weighted by atomic mass is 16.1. The summed E-state index contributed by atoms with van der Waals surface area (Å²) < 4.78 is 0. The highest BCUT2D eigenvalue weighted by Gasteiger charge is 2.04. The first-order chi connectivity index (χ1) is 12.4. The van der Waals surface area contributed by atoms with Gasteiger partial charge in [0, 0.05) is 19.1 Å². The molecule has 0 radical (unpaired) electrons. The molecule has 2 aromatic rings. The van der Waals surface area contributed by atoms with Crippen LogP contribution in [0.1, 0.15) is 31.9 Å². The first kappa shape index (κ1) is 19.7. The molecular formula is C21H28N4O. The Morgan fingerprint density at radius 3 is 2.31 bits per heavy atom. The van der Waals surface area contributed by atoms with E-state index in [1.807, 2.05) is 26.0 Å². The molecule has 0 saturated carbocycles. The Balaban J connectivity index is 1.95. The number of carbonyl (C=O) groups excluding carboxylic acids is 1. The van der Waals surface area contributed by atoms with Crippen molar-refractivity contribution in [1.29, 1.82) is 5.41 Å². The van der Waals surface area contributed by atoms with Crippen LogP contribution in [-0.4, -0.2) is 24.3 Å². The van der Waals surface area contributed by atoms with Gasteiger partial charge in [0.15, 0.2) is 0 Å². The maximum Gasteiger partial charge on any atom is 0.234 e. The second-order valence-electron chi connectivity index (χ2n) is 6.69. The molecule has 1 amide bonds. The van der Waals surface area contributed by atoms with Crippen molar-refractivity contribution < 1.29 is 4.79 Å². The van der Waals surface area contributed by atoms with Gasteiger partial charge in [0.25, 0.3) is 0 Å². The summed E-state index contributed by atoms with van der Waals surface area (Å²) in [7, 11) is 0. The zero-order chi connectivity index (χ0) is 18.9. The molecule has 0 fully saturated rings. The van der Waals surface area contributed by atoms with E-state index in [4.69, 9.17) is 5.41 Å². The topological polar surface area (TPSA) is 77.0 Å². The van der Waals surface area contributed by atoms with Crippen LogP contribution >= 0.6 is 0 Å². The monoisotopic (exact) mass is 352 g/mol. The maximum absolute atomic E-state index is 11.8. The molecule has 2 rings (SSSR count). The molecule has 0 aliphatic carbocycles. The second-order valence-corrected chi connectivity index (χ2v) is 6.69. The second kappa shape index (κ2) is 9.73. The van der Waals surface area contributed by atoms with Gasteiger partial charge in [-0.25, -0.2) is 0 Å². The van der Waals surface area contributed by atoms with E-state index in [-0.39, 0.29) is 5.91 Å². The zero-order valence-corrected chi connectivity index (χ0v) is 15.7. The van der Waals surface area contributed by atoms with Crippen LogP contribution in [0.4, 0.5) is 0 Å². The third kappa shape index (κ3) is 6.69. The lowest BCUT2D eigenvalue weighted by atomic mass is 10.0. The van der Waals surface area contributed by atoms with Crippen LogP contribution in [0, 0.1) is 5.41 Å². The normalized spacial score (nSPS) is 10.6. The number of amides is 1. The van der Waals surface area contributed by atoms with E-state index in [0.717, 1.165) is 22.3 Å². The van der Waals surface area contributed by atoms with E-state index in [1.165, 1.54) is 0 Å². The molecule has 0 saturated heterocycles. The molecule has 5 nitrogen and oxygen atoms in total. The van der Waals surface area contributed by atoms with Gasteiger partial charge in [-0.05, 0) is 35.2 Å². The Morgan fingerprint density at radius 1 is 0.962 bits per heavy atom. The highest BCUT2D eigenvalue weighted by molar-refractivity contribution is 5.78. The lowest BCUT2D eigenvalue weighted by Gasteiger charge is -2.10. The van der Waals surface area contributed by atoms with E-state index in [9.17, 15) is 4.79 Å². The number of hydrogen-bond donors (Lipinski definition) is 4. The highest BCUT2D eigenvalue weighted by Crippen LogP contribution is 2.21. The maximum atomic E-state index is 11.8. The smallest absolute Gasteiger partial charge is 0.234 e. The third-order valence-corrected chi connectivity index (χ3v) is 3.93. The molecule has 2 aromatic carbocycles. The Hall–Kier alpha value is -2.66. The number of amidine groups is 1. The quantitative estimate of drug-likeness (QED) is 0.436. The van der Waals surface area contributed by atoms with Crippen LogP contribution in [0.3, 0.4) is 0 Å². The van der Waals surface area contributed by atoms with Gasteiger partial charge < -0.3 is 16.0 Å². The molecule has 0 heterocycles. The van der Waals surface area contributed by atoms with E-state index < -0.39 is 0 Å². The average molecular weight is 352 g/mol. The minimum atomic E-state index is 0.00227. The van der Waals surface area contributed by atoms with Crippen LogP contribution in [-0.2, 0) is 17.9 Å². The van der Waals surface area contributed by atoms with Crippen molar-refractivity contribution in [2.24, 2.45) is 0 Å². The molecule has 0 aromatic heterocycles. The van der Waals surface area contributed by atoms with E-state index in [1.54, 1.807) is 6.92 Å². The van der Waals surface area contributed by atoms with Gasteiger partial charge >= 0.3 is 0 Å². The molecule has 0 bridgehead atoms. The van der Waals surface area contributed by atoms with Crippen LogP contribution in [0.25, 0.3) is 11.1 Å². The molecule has 0 spiro atoms. The Morgan fingerprint density at radius 2 is 1.65 bits per heavy atom. The molecule has 138 valence electrons. The zero-order valence-electron chi connectivity index (χ0n) is 15.7. The number of benzene rings is 2. The molecule has 4 N–H and O–H groups in total. The van der Waals surface area contributed by atoms with E-state index in [0.29, 0.717) is 31.5 Å². The lowest BCUT2D eigenvalue weighted by molar-refractivity contribution is -0.120. The minimum absolute atomic E-state index is 0.00227. The Bertz CT molecular complexity index is 738. The molecule has 0 atom stereocenters. The fraction of sp³-hybridized carbons (Fsp3) is 0.333. The average Bonchev–Trinajstić information content (AvgIpc) is 2.63. The summed E-state index contributed by atoms with van der Waals surface area (Å²) in [6.07, 6.45) is 0. The van der Waals surface area contributed by atoms with Gasteiger partial charge in [-0.15, -0.1) is 0 Å². The van der Waals surface area contributed by atoms with Crippen molar-refractivity contribution in [3.8, 4) is 11.1 Å². The predicted octanol–water partition coefficient (Wildman–Crippen LogP) is 3.05. The molecule has 5 heteroatoms. The summed E-state index contributed by atoms with van der Waals surface area (Å²) in [5.74, 6) is 0.467. The van der Waals surface area contributed by atoms with E-state index in [2.05, 4.69) is 52.3 Å². The fourth-order valence-electron chi connectivity index (χ4n) is 2.47. The molecular weight excluding hydrogens is 324 g/mol. The summed E-state index contributed by atoms with van der Waals surface area (Å²) in [5, 5.41) is 16.5. The van der Waals surface area contributed by atoms with Crippen molar-refractivity contribution >= 4 is 11.7 Å². The van der Waals surface area contributed by atoms with Crippen LogP contribution < -0.4 is 16.0 Å². The van der Waals surface area contributed by atoms with Crippen molar-refractivity contribution in [3.05, 3.63) is 59.7 Å². The van der Waals surface area contributed by atoms with E-state index >= 15 is 0 Å². The third-order valence-electron chi connectivity index (χ3n) is 3.93. The van der Waals surface area contributed by atoms with Gasteiger partial charge in [-0.2, -0.15) is 0 Å². The lowest BCUT2D eigenvalue weighted by Crippen LogP contribution is -2.36. The van der Waals surface area contributed by atoms with Crippen LogP contribution in [0.5, 0.6) is 0 Å². The molecule has 0 unspecified atom stereocenters. The predicted molar refractivity (Wildman–Crippen MR) is 107 cm³/mol. The minimum Gasteiger partial charge on any atom is -0.370 e. The fourth-order valence-corrected chi connectivity index (χ4v) is 2.47. The summed E-state index contributed by atoms with van der Waals surface area (Å²) in [5.41, 5.74) is 4.47. The molecule has 0 aliphatic heterocycles. The van der Waals surface area contributed by atoms with Gasteiger partial charge in [-0.3, -0.25) is 10.2 Å². The number of nitrogens with one attached hydrogen (secondary N) is 4. The first-order valence-corrected chi connectivity index (χ1v) is 8.91.